The minimum Gasteiger partial charge on any atom is -0.463 e. The van der Waals surface area contributed by atoms with E-state index in [2.05, 4.69) is 0 Å². The summed E-state index contributed by atoms with van der Waals surface area (Å²) in [6, 6.07) is 0. The Bertz CT molecular complexity index is 321. The van der Waals surface area contributed by atoms with Crippen molar-refractivity contribution >= 4 is 5.97 Å². The number of epoxide rings is 1. The van der Waals surface area contributed by atoms with Crippen molar-refractivity contribution in [2.24, 2.45) is 11.8 Å². The van der Waals surface area contributed by atoms with E-state index in [0.717, 1.165) is 25.7 Å². The highest BCUT2D eigenvalue weighted by Gasteiger charge is 2.51. The van der Waals surface area contributed by atoms with Crippen LogP contribution < -0.4 is 0 Å². The summed E-state index contributed by atoms with van der Waals surface area (Å²) in [7, 11) is 3.24. The van der Waals surface area contributed by atoms with Crippen molar-refractivity contribution in [1.82, 2.24) is 0 Å². The van der Waals surface area contributed by atoms with E-state index >= 15 is 0 Å². The van der Waals surface area contributed by atoms with Crippen molar-refractivity contribution in [3.63, 3.8) is 0 Å². The second-order valence-electron chi connectivity index (χ2n) is 5.55. The minimum absolute atomic E-state index is 0.0298. The van der Waals surface area contributed by atoms with Crippen molar-refractivity contribution in [3.05, 3.63) is 0 Å². The molecule has 2 rings (SSSR count). The average Bonchev–Trinajstić information content (AvgIpc) is 3.27. The molecule has 0 spiro atoms. The van der Waals surface area contributed by atoms with Crippen LogP contribution in [0.3, 0.4) is 0 Å². The molecule has 2 fully saturated rings. The van der Waals surface area contributed by atoms with Gasteiger partial charge in [-0.3, -0.25) is 4.79 Å². The predicted molar refractivity (Wildman–Crippen MR) is 74.8 cm³/mol. The fraction of sp³-hybridized carbons (Fsp3) is 0.933. The summed E-state index contributed by atoms with van der Waals surface area (Å²) in [6.07, 6.45) is 3.93. The lowest BCUT2D eigenvalue weighted by Gasteiger charge is -2.28. The van der Waals surface area contributed by atoms with Crippen LogP contribution in [-0.2, 0) is 28.5 Å². The van der Waals surface area contributed by atoms with E-state index in [-0.39, 0.29) is 30.2 Å². The SMILES string of the molecule is COCCOC(=O)C1CCCCC1C1OC1OCCOC. The van der Waals surface area contributed by atoms with Gasteiger partial charge in [0.25, 0.3) is 0 Å². The smallest absolute Gasteiger partial charge is 0.309 e. The van der Waals surface area contributed by atoms with Gasteiger partial charge in [-0.05, 0) is 12.8 Å². The molecule has 4 unspecified atom stereocenters. The van der Waals surface area contributed by atoms with E-state index < -0.39 is 0 Å². The lowest BCUT2D eigenvalue weighted by atomic mass is 9.77. The Morgan fingerprint density at radius 2 is 1.76 bits per heavy atom. The third kappa shape index (κ3) is 4.92. The fourth-order valence-corrected chi connectivity index (χ4v) is 2.97. The van der Waals surface area contributed by atoms with Crippen molar-refractivity contribution in [2.45, 2.75) is 38.1 Å². The Morgan fingerprint density at radius 3 is 2.52 bits per heavy atom. The van der Waals surface area contributed by atoms with Gasteiger partial charge in [0.15, 0.2) is 6.29 Å². The van der Waals surface area contributed by atoms with Crippen LogP contribution in [0.25, 0.3) is 0 Å². The Kier molecular flexibility index (Phi) is 6.89. The Labute approximate surface area is 126 Å². The summed E-state index contributed by atoms with van der Waals surface area (Å²) >= 11 is 0. The number of hydrogen-bond acceptors (Lipinski definition) is 6. The van der Waals surface area contributed by atoms with Crippen LogP contribution >= 0.6 is 0 Å². The molecule has 0 N–H and O–H groups in total. The molecule has 21 heavy (non-hydrogen) atoms. The first kappa shape index (κ1) is 16.7. The van der Waals surface area contributed by atoms with Gasteiger partial charge in [0.05, 0.1) is 25.7 Å². The van der Waals surface area contributed by atoms with E-state index in [1.807, 2.05) is 0 Å². The third-order valence-electron chi connectivity index (χ3n) is 4.13. The van der Waals surface area contributed by atoms with Gasteiger partial charge < -0.3 is 23.7 Å². The van der Waals surface area contributed by atoms with Crippen LogP contribution in [0.5, 0.6) is 0 Å². The summed E-state index contributed by atoms with van der Waals surface area (Å²) in [6.45, 7) is 1.83. The van der Waals surface area contributed by atoms with E-state index in [9.17, 15) is 4.79 Å². The lowest BCUT2D eigenvalue weighted by Crippen LogP contribution is -2.33. The van der Waals surface area contributed by atoms with Gasteiger partial charge in [-0.2, -0.15) is 0 Å². The Morgan fingerprint density at radius 1 is 1.05 bits per heavy atom. The van der Waals surface area contributed by atoms with E-state index in [4.69, 9.17) is 23.7 Å². The first-order chi connectivity index (χ1) is 10.3. The molecule has 0 aromatic carbocycles. The van der Waals surface area contributed by atoms with Gasteiger partial charge in [-0.1, -0.05) is 12.8 Å². The second kappa shape index (κ2) is 8.68. The molecular formula is C15H26O6. The second-order valence-corrected chi connectivity index (χ2v) is 5.55. The highest BCUT2D eigenvalue weighted by molar-refractivity contribution is 5.73. The molecule has 0 aromatic rings. The predicted octanol–water partition coefficient (Wildman–Crippen LogP) is 1.37. The number of carbonyl (C=O) groups excluding carboxylic acids is 1. The maximum Gasteiger partial charge on any atom is 0.309 e. The van der Waals surface area contributed by atoms with Gasteiger partial charge in [0.1, 0.15) is 12.7 Å². The van der Waals surface area contributed by atoms with Gasteiger partial charge in [-0.25, -0.2) is 0 Å². The molecule has 6 nitrogen and oxygen atoms in total. The summed E-state index contributed by atoms with van der Waals surface area (Å²) in [5.74, 6) is 0.0147. The molecule has 4 atom stereocenters. The normalized spacial score (nSPS) is 31.9. The number of hydrogen-bond donors (Lipinski definition) is 0. The zero-order chi connectivity index (χ0) is 15.1. The van der Waals surface area contributed by atoms with Crippen LogP contribution in [0.2, 0.25) is 0 Å². The van der Waals surface area contributed by atoms with Gasteiger partial charge in [0, 0.05) is 20.1 Å². The largest absolute Gasteiger partial charge is 0.463 e. The van der Waals surface area contributed by atoms with Crippen LogP contribution in [-0.4, -0.2) is 59.0 Å². The maximum atomic E-state index is 12.2. The monoisotopic (exact) mass is 302 g/mol. The molecule has 1 aliphatic carbocycles. The van der Waals surface area contributed by atoms with Crippen molar-refractivity contribution in [2.75, 3.05) is 40.6 Å². The Balaban J connectivity index is 1.78. The molecule has 0 radical (unpaired) electrons. The standard InChI is InChI=1S/C15H26O6/c1-17-7-9-19-14(16)12-6-4-3-5-11(12)13-15(21-13)20-10-8-18-2/h11-13,15H,3-10H2,1-2H3. The first-order valence-corrected chi connectivity index (χ1v) is 7.69. The zero-order valence-electron chi connectivity index (χ0n) is 12.9. The average molecular weight is 302 g/mol. The first-order valence-electron chi connectivity index (χ1n) is 7.69. The molecule has 0 aromatic heterocycles. The van der Waals surface area contributed by atoms with Gasteiger partial charge in [-0.15, -0.1) is 0 Å². The van der Waals surface area contributed by atoms with Crippen LogP contribution in [0.1, 0.15) is 25.7 Å². The molecule has 0 bridgehead atoms. The molecule has 6 heteroatoms. The Hall–Kier alpha value is -0.690. The number of rotatable bonds is 9. The van der Waals surface area contributed by atoms with Gasteiger partial charge in [0.2, 0.25) is 0 Å². The van der Waals surface area contributed by atoms with Crippen LogP contribution in [0.15, 0.2) is 0 Å². The highest BCUT2D eigenvalue weighted by Crippen LogP contribution is 2.42. The van der Waals surface area contributed by atoms with E-state index in [1.165, 1.54) is 0 Å². The molecule has 1 heterocycles. The van der Waals surface area contributed by atoms with Crippen molar-refractivity contribution in [3.8, 4) is 0 Å². The highest BCUT2D eigenvalue weighted by atomic mass is 16.8. The minimum atomic E-state index is -0.183. The lowest BCUT2D eigenvalue weighted by molar-refractivity contribution is -0.153. The van der Waals surface area contributed by atoms with E-state index in [1.54, 1.807) is 14.2 Å². The summed E-state index contributed by atoms with van der Waals surface area (Å²) in [4.78, 5) is 12.2. The third-order valence-corrected chi connectivity index (χ3v) is 4.13. The fourth-order valence-electron chi connectivity index (χ4n) is 2.97. The van der Waals surface area contributed by atoms with E-state index in [0.29, 0.717) is 26.4 Å². The summed E-state index contributed by atoms with van der Waals surface area (Å²) < 4.78 is 26.3. The molecule has 122 valence electrons. The maximum absolute atomic E-state index is 12.2. The van der Waals surface area contributed by atoms with Crippen molar-refractivity contribution < 1.29 is 28.5 Å². The molecule has 0 amide bonds. The molecule has 1 aliphatic heterocycles. The van der Waals surface area contributed by atoms with Crippen LogP contribution in [0.4, 0.5) is 0 Å². The van der Waals surface area contributed by atoms with Crippen molar-refractivity contribution in [1.29, 1.82) is 0 Å². The number of esters is 1. The topological polar surface area (TPSA) is 66.5 Å². The summed E-state index contributed by atoms with van der Waals surface area (Å²) in [5, 5.41) is 0. The molecular weight excluding hydrogens is 276 g/mol. The summed E-state index contributed by atoms with van der Waals surface area (Å²) in [5.41, 5.74) is 0. The molecule has 2 aliphatic rings. The number of carbonyl (C=O) groups is 1. The number of methoxy groups -OCH3 is 2. The quantitative estimate of drug-likeness (QED) is 0.364. The number of ether oxygens (including phenoxy) is 5. The van der Waals surface area contributed by atoms with Crippen LogP contribution in [0, 0.1) is 11.8 Å². The molecule has 1 saturated heterocycles. The van der Waals surface area contributed by atoms with Gasteiger partial charge >= 0.3 is 5.97 Å². The zero-order valence-corrected chi connectivity index (χ0v) is 12.9. The molecule has 1 saturated carbocycles.